The Morgan fingerprint density at radius 1 is 1.38 bits per heavy atom. The molecular weight excluding hydrogens is 286 g/mol. The number of anilines is 1. The predicted octanol–water partition coefficient (Wildman–Crippen LogP) is 3.45. The van der Waals surface area contributed by atoms with Crippen LogP contribution in [0.3, 0.4) is 0 Å². The number of benzene rings is 1. The lowest BCUT2D eigenvalue weighted by molar-refractivity contribution is -0.114. The summed E-state index contributed by atoms with van der Waals surface area (Å²) in [4.78, 5) is 14.1. The van der Waals surface area contributed by atoms with Gasteiger partial charge in [0.25, 0.3) is 5.91 Å². The number of rotatable bonds is 4. The third kappa shape index (κ3) is 3.34. The molecule has 110 valence electrons. The molecule has 4 nitrogen and oxygen atoms in total. The van der Waals surface area contributed by atoms with Crippen molar-refractivity contribution in [3.05, 3.63) is 52.8 Å². The van der Waals surface area contributed by atoms with E-state index in [1.165, 1.54) is 6.08 Å². The van der Waals surface area contributed by atoms with Gasteiger partial charge in [-0.05, 0) is 32.1 Å². The number of nitrogens with zero attached hydrogens (tertiary/aromatic N) is 3. The summed E-state index contributed by atoms with van der Waals surface area (Å²) in [6, 6.07) is 9.58. The van der Waals surface area contributed by atoms with E-state index >= 15 is 0 Å². The summed E-state index contributed by atoms with van der Waals surface area (Å²) >= 11 is 6.15. The molecule has 0 unspecified atom stereocenters. The van der Waals surface area contributed by atoms with E-state index in [0.29, 0.717) is 11.7 Å². The van der Waals surface area contributed by atoms with E-state index in [9.17, 15) is 4.79 Å². The van der Waals surface area contributed by atoms with Gasteiger partial charge in [0.1, 0.15) is 5.15 Å². The Labute approximate surface area is 129 Å². The number of aromatic nitrogens is 2. The third-order valence-electron chi connectivity index (χ3n) is 3.24. The Hall–Kier alpha value is -2.07. The molecule has 0 saturated carbocycles. The molecule has 1 heterocycles. The van der Waals surface area contributed by atoms with Gasteiger partial charge in [0.15, 0.2) is 0 Å². The first-order chi connectivity index (χ1) is 10.0. The molecule has 0 aliphatic heterocycles. The maximum atomic E-state index is 12.3. The van der Waals surface area contributed by atoms with Gasteiger partial charge in [0.2, 0.25) is 0 Å². The monoisotopic (exact) mass is 303 g/mol. The highest BCUT2D eigenvalue weighted by atomic mass is 35.5. The van der Waals surface area contributed by atoms with E-state index in [4.69, 9.17) is 11.6 Å². The zero-order valence-corrected chi connectivity index (χ0v) is 13.1. The van der Waals surface area contributed by atoms with Gasteiger partial charge in [-0.2, -0.15) is 5.10 Å². The summed E-state index contributed by atoms with van der Waals surface area (Å²) in [5, 5.41) is 4.75. The second-order valence-electron chi connectivity index (χ2n) is 4.66. The highest BCUT2D eigenvalue weighted by Crippen LogP contribution is 2.20. The number of hydrogen-bond donors (Lipinski definition) is 0. The third-order valence-corrected chi connectivity index (χ3v) is 3.69. The van der Waals surface area contributed by atoms with Crippen LogP contribution in [0.4, 0.5) is 5.69 Å². The van der Waals surface area contributed by atoms with Crippen molar-refractivity contribution in [2.24, 2.45) is 7.05 Å². The van der Waals surface area contributed by atoms with Crippen molar-refractivity contribution < 1.29 is 4.79 Å². The van der Waals surface area contributed by atoms with Crippen molar-refractivity contribution in [2.45, 2.75) is 13.8 Å². The molecule has 1 aromatic carbocycles. The van der Waals surface area contributed by atoms with Gasteiger partial charge in [0, 0.05) is 30.9 Å². The van der Waals surface area contributed by atoms with Crippen LogP contribution >= 0.6 is 11.6 Å². The first kappa shape index (κ1) is 15.3. The summed E-state index contributed by atoms with van der Waals surface area (Å²) in [5.74, 6) is -0.0805. The topological polar surface area (TPSA) is 38.1 Å². The van der Waals surface area contributed by atoms with E-state index in [-0.39, 0.29) is 5.91 Å². The minimum absolute atomic E-state index is 0.0805. The number of halogens is 1. The first-order valence-corrected chi connectivity index (χ1v) is 7.16. The van der Waals surface area contributed by atoms with Gasteiger partial charge >= 0.3 is 0 Å². The Balaban J connectivity index is 2.22. The Morgan fingerprint density at radius 2 is 2.05 bits per heavy atom. The van der Waals surface area contributed by atoms with Crippen LogP contribution in [0, 0.1) is 6.92 Å². The minimum Gasteiger partial charge on any atom is -0.309 e. The van der Waals surface area contributed by atoms with Gasteiger partial charge in [-0.1, -0.05) is 29.8 Å². The summed E-state index contributed by atoms with van der Waals surface area (Å²) in [6.07, 6.45) is 3.25. The van der Waals surface area contributed by atoms with Crippen LogP contribution in [0.1, 0.15) is 18.2 Å². The standard InChI is InChI=1S/C16H18ClN3O/c1-4-20(13-8-6-5-7-9-13)15(21)11-10-14-12(2)18-19(3)16(14)17/h5-11H,4H2,1-3H3/b11-10+. The fourth-order valence-electron chi connectivity index (χ4n) is 2.15. The molecule has 0 N–H and O–H groups in total. The van der Waals surface area contributed by atoms with Crippen LogP contribution < -0.4 is 4.90 Å². The normalized spacial score (nSPS) is 11.0. The quantitative estimate of drug-likeness (QED) is 0.811. The molecular formula is C16H18ClN3O. The SMILES string of the molecule is CCN(C(=O)/C=C/c1c(C)nn(C)c1Cl)c1ccccc1. The van der Waals surface area contributed by atoms with Gasteiger partial charge < -0.3 is 4.90 Å². The molecule has 0 fully saturated rings. The lowest BCUT2D eigenvalue weighted by Gasteiger charge is -2.19. The lowest BCUT2D eigenvalue weighted by Crippen LogP contribution is -2.28. The minimum atomic E-state index is -0.0805. The second-order valence-corrected chi connectivity index (χ2v) is 5.02. The average Bonchev–Trinajstić information content (AvgIpc) is 2.72. The maximum Gasteiger partial charge on any atom is 0.250 e. The molecule has 0 radical (unpaired) electrons. The smallest absolute Gasteiger partial charge is 0.250 e. The number of para-hydroxylation sites is 1. The van der Waals surface area contributed by atoms with Gasteiger partial charge in [-0.25, -0.2) is 0 Å². The lowest BCUT2D eigenvalue weighted by atomic mass is 10.2. The molecule has 0 bridgehead atoms. The highest BCUT2D eigenvalue weighted by molar-refractivity contribution is 6.31. The fraction of sp³-hybridized carbons (Fsp3) is 0.250. The van der Waals surface area contributed by atoms with Gasteiger partial charge in [-0.3, -0.25) is 9.48 Å². The molecule has 0 spiro atoms. The molecule has 2 aromatic rings. The molecule has 0 aliphatic carbocycles. The zero-order valence-electron chi connectivity index (χ0n) is 12.4. The summed E-state index contributed by atoms with van der Waals surface area (Å²) in [5.41, 5.74) is 2.45. The van der Waals surface area contributed by atoms with E-state index in [0.717, 1.165) is 16.9 Å². The number of likely N-dealkylation sites (N-methyl/N-ethyl adjacent to an activating group) is 1. The fourth-order valence-corrected chi connectivity index (χ4v) is 2.39. The average molecular weight is 304 g/mol. The highest BCUT2D eigenvalue weighted by Gasteiger charge is 2.12. The number of amides is 1. The van der Waals surface area contributed by atoms with Crippen molar-refractivity contribution in [1.82, 2.24) is 9.78 Å². The molecule has 1 amide bonds. The van der Waals surface area contributed by atoms with E-state index in [2.05, 4.69) is 5.10 Å². The van der Waals surface area contributed by atoms with Crippen molar-refractivity contribution in [2.75, 3.05) is 11.4 Å². The van der Waals surface area contributed by atoms with E-state index < -0.39 is 0 Å². The summed E-state index contributed by atoms with van der Waals surface area (Å²) in [6.45, 7) is 4.42. The summed E-state index contributed by atoms with van der Waals surface area (Å²) < 4.78 is 1.59. The van der Waals surface area contributed by atoms with Crippen LogP contribution in [0.2, 0.25) is 5.15 Å². The van der Waals surface area contributed by atoms with Crippen molar-refractivity contribution in [3.8, 4) is 0 Å². The van der Waals surface area contributed by atoms with Crippen molar-refractivity contribution in [3.63, 3.8) is 0 Å². The molecule has 0 atom stereocenters. The molecule has 2 rings (SSSR count). The van der Waals surface area contributed by atoms with Gasteiger partial charge in [0.05, 0.1) is 5.69 Å². The molecule has 0 saturated heterocycles. The van der Waals surface area contributed by atoms with Crippen LogP contribution in [-0.2, 0) is 11.8 Å². The molecule has 21 heavy (non-hydrogen) atoms. The number of carbonyl (C=O) groups excluding carboxylic acids is 1. The van der Waals surface area contributed by atoms with Crippen molar-refractivity contribution in [1.29, 1.82) is 0 Å². The predicted molar refractivity (Wildman–Crippen MR) is 86.5 cm³/mol. The van der Waals surface area contributed by atoms with Crippen LogP contribution in [0.25, 0.3) is 6.08 Å². The van der Waals surface area contributed by atoms with Crippen LogP contribution in [0.5, 0.6) is 0 Å². The molecule has 1 aromatic heterocycles. The van der Waals surface area contributed by atoms with Crippen LogP contribution in [0.15, 0.2) is 36.4 Å². The Kier molecular flexibility index (Phi) is 4.81. The second kappa shape index (κ2) is 6.59. The number of carbonyl (C=O) groups is 1. The zero-order chi connectivity index (χ0) is 15.4. The molecule has 5 heteroatoms. The number of aryl methyl sites for hydroxylation is 2. The van der Waals surface area contributed by atoms with Crippen molar-refractivity contribution >= 4 is 29.3 Å². The van der Waals surface area contributed by atoms with Gasteiger partial charge in [-0.15, -0.1) is 0 Å². The van der Waals surface area contributed by atoms with Crippen LogP contribution in [-0.4, -0.2) is 22.2 Å². The van der Waals surface area contributed by atoms with E-state index in [1.54, 1.807) is 22.7 Å². The number of hydrogen-bond acceptors (Lipinski definition) is 2. The first-order valence-electron chi connectivity index (χ1n) is 6.78. The Morgan fingerprint density at radius 3 is 2.57 bits per heavy atom. The van der Waals surface area contributed by atoms with E-state index in [1.807, 2.05) is 44.2 Å². The summed E-state index contributed by atoms with van der Waals surface area (Å²) in [7, 11) is 1.77. The Bertz CT molecular complexity index is 662. The molecule has 0 aliphatic rings. The maximum absolute atomic E-state index is 12.3. The largest absolute Gasteiger partial charge is 0.309 e.